The smallest absolute Gasteiger partial charge is 0.201 e. The van der Waals surface area contributed by atoms with Crippen molar-refractivity contribution in [3.63, 3.8) is 0 Å². The van der Waals surface area contributed by atoms with Crippen molar-refractivity contribution in [1.29, 1.82) is 0 Å². The van der Waals surface area contributed by atoms with Crippen molar-refractivity contribution in [1.82, 2.24) is 0 Å². The van der Waals surface area contributed by atoms with Crippen molar-refractivity contribution < 1.29 is 30.0 Å². The molecule has 0 atom stereocenters. The molecule has 0 saturated heterocycles. The van der Waals surface area contributed by atoms with Crippen LogP contribution in [-0.2, 0) is 0 Å². The molecule has 0 saturated carbocycles. The number of carbonyl (C=O) groups excluding carboxylic acids is 2. The Morgan fingerprint density at radius 1 is 0.600 bits per heavy atom. The number of hydrogen-bond donors (Lipinski definition) is 4. The van der Waals surface area contributed by atoms with Crippen LogP contribution >= 0.6 is 0 Å². The van der Waals surface area contributed by atoms with E-state index in [0.717, 1.165) is 24.3 Å². The molecular weight excluding hydrogens is 264 g/mol. The number of phenolic OH excluding ortho intramolecular Hbond substituents is 4. The molecule has 6 nitrogen and oxygen atoms in total. The second-order valence-electron chi connectivity index (χ2n) is 4.43. The minimum atomic E-state index is -0.746. The molecule has 0 fully saturated rings. The van der Waals surface area contributed by atoms with E-state index in [1.807, 2.05) is 0 Å². The van der Waals surface area contributed by atoms with Crippen LogP contribution in [0.1, 0.15) is 31.8 Å². The molecular formula is C14H8O6. The molecule has 0 aliphatic heterocycles. The van der Waals surface area contributed by atoms with E-state index in [1.54, 1.807) is 0 Å². The highest BCUT2D eigenvalue weighted by Gasteiger charge is 2.35. The molecule has 0 unspecified atom stereocenters. The molecule has 3 rings (SSSR count). The van der Waals surface area contributed by atoms with Gasteiger partial charge in [-0.05, 0) is 12.1 Å². The summed E-state index contributed by atoms with van der Waals surface area (Å²) in [7, 11) is 0. The van der Waals surface area contributed by atoms with E-state index in [4.69, 9.17) is 0 Å². The van der Waals surface area contributed by atoms with E-state index in [1.165, 1.54) is 0 Å². The minimum Gasteiger partial charge on any atom is -0.508 e. The van der Waals surface area contributed by atoms with Gasteiger partial charge in [-0.25, -0.2) is 0 Å². The summed E-state index contributed by atoms with van der Waals surface area (Å²) in [6, 6.07) is 3.98. The van der Waals surface area contributed by atoms with E-state index in [0.29, 0.717) is 0 Å². The second kappa shape index (κ2) is 3.74. The lowest BCUT2D eigenvalue weighted by Gasteiger charge is -2.19. The highest BCUT2D eigenvalue weighted by molar-refractivity contribution is 6.30. The first kappa shape index (κ1) is 12.0. The molecule has 0 aromatic heterocycles. The Hall–Kier alpha value is -3.02. The van der Waals surface area contributed by atoms with E-state index >= 15 is 0 Å². The highest BCUT2D eigenvalue weighted by Crippen LogP contribution is 2.39. The third-order valence-electron chi connectivity index (χ3n) is 3.15. The lowest BCUT2D eigenvalue weighted by molar-refractivity contribution is 0.0973. The molecule has 6 heteroatoms. The van der Waals surface area contributed by atoms with Gasteiger partial charge in [0.05, 0.1) is 11.1 Å². The monoisotopic (exact) mass is 272 g/mol. The van der Waals surface area contributed by atoms with Gasteiger partial charge in [0.15, 0.2) is 5.78 Å². The molecule has 1 aliphatic rings. The molecule has 4 N–H and O–H groups in total. The SMILES string of the molecule is O=C1c2cc(O)cc(O)c2C(=O)c2c(O)cc(O)cc21. The van der Waals surface area contributed by atoms with Gasteiger partial charge < -0.3 is 20.4 Å². The maximum absolute atomic E-state index is 12.3. The maximum atomic E-state index is 12.3. The summed E-state index contributed by atoms with van der Waals surface area (Å²) >= 11 is 0. The van der Waals surface area contributed by atoms with E-state index in [9.17, 15) is 30.0 Å². The Labute approximate surface area is 112 Å². The summed E-state index contributed by atoms with van der Waals surface area (Å²) in [5.41, 5.74) is -0.905. The number of aromatic hydroxyl groups is 4. The predicted molar refractivity (Wildman–Crippen MR) is 66.4 cm³/mol. The van der Waals surface area contributed by atoms with Crippen LogP contribution in [0, 0.1) is 0 Å². The van der Waals surface area contributed by atoms with Crippen molar-refractivity contribution in [2.24, 2.45) is 0 Å². The van der Waals surface area contributed by atoms with Gasteiger partial charge in [0.2, 0.25) is 5.78 Å². The predicted octanol–water partition coefficient (Wildman–Crippen LogP) is 1.28. The fraction of sp³-hybridized carbons (Fsp3) is 0. The van der Waals surface area contributed by atoms with Crippen molar-refractivity contribution in [3.05, 3.63) is 46.5 Å². The Morgan fingerprint density at radius 2 is 1.00 bits per heavy atom. The Kier molecular flexibility index (Phi) is 2.25. The topological polar surface area (TPSA) is 115 Å². The largest absolute Gasteiger partial charge is 0.508 e. The normalized spacial score (nSPS) is 13.0. The molecule has 100 valence electrons. The minimum absolute atomic E-state index is 0.176. The Balaban J connectivity index is 2.40. The van der Waals surface area contributed by atoms with E-state index in [2.05, 4.69) is 0 Å². The van der Waals surface area contributed by atoms with E-state index in [-0.39, 0.29) is 33.8 Å². The number of carbonyl (C=O) groups is 2. The average molecular weight is 272 g/mol. The van der Waals surface area contributed by atoms with Gasteiger partial charge in [-0.1, -0.05) is 0 Å². The lowest BCUT2D eigenvalue weighted by Crippen LogP contribution is -2.21. The lowest BCUT2D eigenvalue weighted by atomic mass is 9.83. The molecule has 20 heavy (non-hydrogen) atoms. The summed E-state index contributed by atoms with van der Waals surface area (Å²) < 4.78 is 0. The quantitative estimate of drug-likeness (QED) is 0.490. The number of hydrogen-bond acceptors (Lipinski definition) is 6. The van der Waals surface area contributed by atoms with Crippen LogP contribution in [0.15, 0.2) is 24.3 Å². The average Bonchev–Trinajstić information content (AvgIpc) is 2.34. The number of fused-ring (bicyclic) bond motifs is 2. The van der Waals surface area contributed by atoms with Gasteiger partial charge in [0.1, 0.15) is 23.0 Å². The number of rotatable bonds is 0. The third-order valence-corrected chi connectivity index (χ3v) is 3.15. The van der Waals surface area contributed by atoms with E-state index < -0.39 is 23.1 Å². The molecule has 1 aliphatic carbocycles. The zero-order valence-electron chi connectivity index (χ0n) is 9.91. The van der Waals surface area contributed by atoms with Gasteiger partial charge in [-0.2, -0.15) is 0 Å². The summed E-state index contributed by atoms with van der Waals surface area (Å²) in [6.45, 7) is 0. The Morgan fingerprint density at radius 3 is 1.40 bits per heavy atom. The van der Waals surface area contributed by atoms with Crippen LogP contribution in [0.25, 0.3) is 0 Å². The van der Waals surface area contributed by atoms with Crippen LogP contribution in [0.5, 0.6) is 23.0 Å². The molecule has 2 aromatic rings. The Bertz CT molecular complexity index is 727. The zero-order valence-corrected chi connectivity index (χ0v) is 9.91. The van der Waals surface area contributed by atoms with Crippen LogP contribution < -0.4 is 0 Å². The molecule has 2 aromatic carbocycles. The van der Waals surface area contributed by atoms with Crippen LogP contribution in [-0.4, -0.2) is 32.0 Å². The third kappa shape index (κ3) is 1.45. The number of phenols is 4. The summed E-state index contributed by atoms with van der Waals surface area (Å²) in [5, 5.41) is 38.3. The molecule has 0 radical (unpaired) electrons. The summed E-state index contributed by atoms with van der Waals surface area (Å²) in [5.74, 6) is -3.24. The van der Waals surface area contributed by atoms with Crippen LogP contribution in [0.4, 0.5) is 0 Å². The number of benzene rings is 2. The van der Waals surface area contributed by atoms with Gasteiger partial charge in [0.25, 0.3) is 0 Å². The summed E-state index contributed by atoms with van der Waals surface area (Å²) in [6.07, 6.45) is 0. The van der Waals surface area contributed by atoms with Crippen LogP contribution in [0.3, 0.4) is 0 Å². The zero-order chi connectivity index (χ0) is 14.6. The first-order valence-electron chi connectivity index (χ1n) is 5.61. The standard InChI is InChI=1S/C14H8O6/c15-5-1-7-11(9(17)3-5)14(20)12-8(13(7)19)2-6(16)4-10(12)18/h1-4,15-18H. The van der Waals surface area contributed by atoms with Gasteiger partial charge in [-0.3, -0.25) is 9.59 Å². The molecule has 0 spiro atoms. The molecule has 0 heterocycles. The first-order chi connectivity index (χ1) is 9.40. The fourth-order valence-corrected chi connectivity index (χ4v) is 2.33. The van der Waals surface area contributed by atoms with Gasteiger partial charge in [0, 0.05) is 23.3 Å². The number of ketones is 2. The van der Waals surface area contributed by atoms with Crippen LogP contribution in [0.2, 0.25) is 0 Å². The van der Waals surface area contributed by atoms with Crippen molar-refractivity contribution in [2.75, 3.05) is 0 Å². The fourth-order valence-electron chi connectivity index (χ4n) is 2.33. The summed E-state index contributed by atoms with van der Waals surface area (Å²) in [4.78, 5) is 24.5. The van der Waals surface area contributed by atoms with Gasteiger partial charge in [-0.15, -0.1) is 0 Å². The van der Waals surface area contributed by atoms with Crippen molar-refractivity contribution >= 4 is 11.6 Å². The maximum Gasteiger partial charge on any atom is 0.201 e. The highest BCUT2D eigenvalue weighted by atomic mass is 16.3. The van der Waals surface area contributed by atoms with Crippen molar-refractivity contribution in [3.8, 4) is 23.0 Å². The molecule has 0 bridgehead atoms. The second-order valence-corrected chi connectivity index (χ2v) is 4.43. The van der Waals surface area contributed by atoms with Crippen molar-refractivity contribution in [2.45, 2.75) is 0 Å². The van der Waals surface area contributed by atoms with Gasteiger partial charge >= 0.3 is 0 Å². The molecule has 0 amide bonds. The first-order valence-corrected chi connectivity index (χ1v) is 5.61.